The molecule has 0 unspecified atom stereocenters. The van der Waals surface area contributed by atoms with E-state index < -0.39 is 0 Å². The summed E-state index contributed by atoms with van der Waals surface area (Å²) >= 11 is 0. The van der Waals surface area contributed by atoms with Gasteiger partial charge in [-0.05, 0) is 127 Å². The van der Waals surface area contributed by atoms with E-state index in [2.05, 4.69) is 196 Å². The molecule has 3 aliphatic heterocycles. The lowest BCUT2D eigenvalue weighted by atomic mass is 9.78. The molecule has 0 saturated carbocycles. The number of fused-ring (bicyclic) bond motifs is 9. The van der Waals surface area contributed by atoms with Crippen LogP contribution in [0, 0.1) is 0 Å². The molecule has 10 nitrogen and oxygen atoms in total. The van der Waals surface area contributed by atoms with Crippen LogP contribution in [-0.4, -0.2) is 86.0 Å². The molecule has 3 aromatic heterocycles. The zero-order valence-corrected chi connectivity index (χ0v) is 45.8. The molecule has 2 N–H and O–H groups in total. The molecule has 0 atom stereocenters. The van der Waals surface area contributed by atoms with Crippen molar-refractivity contribution in [3.8, 4) is 44.9 Å². The lowest BCUT2D eigenvalue weighted by Gasteiger charge is -2.26. The van der Waals surface area contributed by atoms with Crippen LogP contribution in [0.3, 0.4) is 0 Å². The fourth-order valence-corrected chi connectivity index (χ4v) is 9.40. The van der Waals surface area contributed by atoms with Gasteiger partial charge in [0.25, 0.3) is 0 Å². The number of nitrogens with one attached hydrogen (secondary N) is 2. The van der Waals surface area contributed by atoms with E-state index in [4.69, 9.17) is 38.4 Å². The predicted octanol–water partition coefficient (Wildman–Crippen LogP) is 14.7. The number of nitrogens with zero attached hydrogens (tertiary/aromatic N) is 2. The van der Waals surface area contributed by atoms with Crippen LogP contribution < -0.4 is 9.47 Å². The van der Waals surface area contributed by atoms with E-state index in [1.165, 1.54) is 22.3 Å². The van der Waals surface area contributed by atoms with Gasteiger partial charge in [-0.2, -0.15) is 0 Å². The van der Waals surface area contributed by atoms with E-state index >= 15 is 0 Å². The average Bonchev–Trinajstić information content (AvgIpc) is 4.19. The summed E-state index contributed by atoms with van der Waals surface area (Å²) in [6, 6.07) is 31.1. The van der Waals surface area contributed by atoms with Crippen LogP contribution in [0.5, 0.6) is 11.5 Å². The summed E-state index contributed by atoms with van der Waals surface area (Å²) in [5.41, 5.74) is 17.9. The Morgan fingerprint density at radius 1 is 0.351 bits per heavy atom. The van der Waals surface area contributed by atoms with Crippen LogP contribution in [0.1, 0.15) is 128 Å². The Kier molecular flexibility index (Phi) is 15.3. The second-order valence-electron chi connectivity index (χ2n) is 23.8. The average molecular weight is 997 g/mol. The molecule has 9 rings (SSSR count). The van der Waals surface area contributed by atoms with Crippen molar-refractivity contribution in [1.82, 2.24) is 19.9 Å². The Morgan fingerprint density at radius 3 is 1.22 bits per heavy atom. The molecule has 0 saturated heterocycles. The summed E-state index contributed by atoms with van der Waals surface area (Å²) in [4.78, 5) is 18.8. The van der Waals surface area contributed by atoms with E-state index in [9.17, 15) is 0 Å². The van der Waals surface area contributed by atoms with E-state index in [0.29, 0.717) is 77.6 Å². The summed E-state index contributed by atoms with van der Waals surface area (Å²) in [7, 11) is 0. The highest BCUT2D eigenvalue weighted by Gasteiger charge is 2.26. The molecule has 0 amide bonds. The van der Waals surface area contributed by atoms with Crippen molar-refractivity contribution < 1.29 is 28.4 Å². The third kappa shape index (κ3) is 12.3. The highest BCUT2D eigenvalue weighted by Crippen LogP contribution is 2.42. The van der Waals surface area contributed by atoms with Gasteiger partial charge < -0.3 is 38.4 Å². The maximum atomic E-state index is 6.55. The standard InChI is InChI=1S/C64H76N4O6/c1-61(2,3)44-33-42(34-45(38-44)62(4,5)6)59-50-16-14-48(65-50)40-49-15-17-51(66-49)60(43-35-46(63(7,8)9)39-47(36-43)64(10,11)12)55-21-19-53(68-55)58(52-18-20-54(59)67-52)41-13-22-56-57(37-41)74-32-30-72-28-26-70-24-23-69-25-27-71-29-31-73-56/h13-22,33-40,65,68H,23-32H2,1-12H3. The Balaban J connectivity index is 1.33. The van der Waals surface area contributed by atoms with Gasteiger partial charge in [-0.15, -0.1) is 0 Å². The maximum absolute atomic E-state index is 6.55. The third-order valence-electron chi connectivity index (χ3n) is 13.8. The topological polar surface area (TPSA) is 113 Å². The smallest absolute Gasteiger partial charge is 0.161 e. The number of hydrogen-bond donors (Lipinski definition) is 2. The molecule has 6 heterocycles. The van der Waals surface area contributed by atoms with E-state index in [1.54, 1.807) is 0 Å². The minimum absolute atomic E-state index is 0.0923. The van der Waals surface area contributed by atoms with Crippen molar-refractivity contribution >= 4 is 46.4 Å². The minimum atomic E-state index is -0.0923. The van der Waals surface area contributed by atoms with Crippen molar-refractivity contribution in [1.29, 1.82) is 0 Å². The Hall–Kier alpha value is -6.30. The zero-order chi connectivity index (χ0) is 52.4. The molecule has 0 spiro atoms. The number of rotatable bonds is 3. The summed E-state index contributed by atoms with van der Waals surface area (Å²) in [5, 5.41) is 0. The molecule has 0 radical (unpaired) electrons. The van der Waals surface area contributed by atoms with Crippen LogP contribution in [0.15, 0.2) is 84.9 Å². The lowest BCUT2D eigenvalue weighted by molar-refractivity contribution is -0.00841. The summed E-state index contributed by atoms with van der Waals surface area (Å²) in [6.45, 7) is 31.7. The fraction of sp³-hybridized carbons (Fsp3) is 0.406. The van der Waals surface area contributed by atoms with Crippen molar-refractivity contribution in [3.05, 3.63) is 130 Å². The largest absolute Gasteiger partial charge is 0.487 e. The molecule has 10 heteroatoms. The molecule has 3 aromatic carbocycles. The number of benzene rings is 3. The zero-order valence-electron chi connectivity index (χ0n) is 45.8. The summed E-state index contributed by atoms with van der Waals surface area (Å²) < 4.78 is 36.1. The van der Waals surface area contributed by atoms with Gasteiger partial charge in [0, 0.05) is 38.8 Å². The molecular formula is C64H76N4O6. The van der Waals surface area contributed by atoms with Crippen LogP contribution in [-0.2, 0) is 40.6 Å². The quantitative estimate of drug-likeness (QED) is 0.180. The van der Waals surface area contributed by atoms with Crippen molar-refractivity contribution in [2.75, 3.05) is 66.1 Å². The number of ether oxygens (including phenoxy) is 6. The number of H-pyrrole nitrogens is 2. The van der Waals surface area contributed by atoms with Gasteiger partial charge in [0.2, 0.25) is 0 Å². The Labute approximate surface area is 438 Å². The van der Waals surface area contributed by atoms with E-state index in [0.717, 1.165) is 78.2 Å². The molecule has 6 aromatic rings. The van der Waals surface area contributed by atoms with Crippen LogP contribution in [0.25, 0.3) is 79.8 Å². The van der Waals surface area contributed by atoms with Gasteiger partial charge in [-0.1, -0.05) is 126 Å². The normalized spacial score (nSPS) is 15.7. The maximum Gasteiger partial charge on any atom is 0.161 e. The molecule has 74 heavy (non-hydrogen) atoms. The SMILES string of the molecule is CC(C)(C)c1cc(-c2c3nc(c(-c4ccc5c(c4)OCCOCCOCCOCCOCCO5)c4ccc([nH]4)c(-c4cc(C(C)(C)C)cc(C(C)(C)C)c4)c4nc(cc5ccc2[nH]5)C=C4)C=C3)cc(C(C)(C)C)c1. The molecular weight excluding hydrogens is 921 g/mol. The first-order valence-electron chi connectivity index (χ1n) is 26.4. The first-order chi connectivity index (χ1) is 35.2. The lowest BCUT2D eigenvalue weighted by Crippen LogP contribution is -2.16. The van der Waals surface area contributed by atoms with Gasteiger partial charge in [-0.3, -0.25) is 0 Å². The molecule has 388 valence electrons. The Bertz CT molecular complexity index is 3100. The van der Waals surface area contributed by atoms with Crippen molar-refractivity contribution in [2.24, 2.45) is 0 Å². The highest BCUT2D eigenvalue weighted by molar-refractivity contribution is 5.98. The van der Waals surface area contributed by atoms with Gasteiger partial charge in [0.1, 0.15) is 13.2 Å². The molecule has 3 aliphatic rings. The minimum Gasteiger partial charge on any atom is -0.487 e. The molecule has 8 bridgehead atoms. The monoisotopic (exact) mass is 997 g/mol. The number of aromatic nitrogens is 4. The van der Waals surface area contributed by atoms with Gasteiger partial charge >= 0.3 is 0 Å². The predicted molar refractivity (Wildman–Crippen MR) is 304 cm³/mol. The van der Waals surface area contributed by atoms with Crippen LogP contribution in [0.2, 0.25) is 0 Å². The van der Waals surface area contributed by atoms with Gasteiger partial charge in [-0.25, -0.2) is 9.97 Å². The second-order valence-corrected chi connectivity index (χ2v) is 23.8. The summed E-state index contributed by atoms with van der Waals surface area (Å²) in [6.07, 6.45) is 8.57. The van der Waals surface area contributed by atoms with E-state index in [-0.39, 0.29) is 21.7 Å². The van der Waals surface area contributed by atoms with E-state index in [1.807, 2.05) is 6.07 Å². The van der Waals surface area contributed by atoms with Crippen LogP contribution in [0.4, 0.5) is 0 Å². The molecule has 0 fully saturated rings. The number of aromatic amines is 2. The van der Waals surface area contributed by atoms with Gasteiger partial charge in [0.15, 0.2) is 11.5 Å². The fourth-order valence-electron chi connectivity index (χ4n) is 9.40. The van der Waals surface area contributed by atoms with Gasteiger partial charge in [0.05, 0.1) is 75.6 Å². The summed E-state index contributed by atoms with van der Waals surface area (Å²) in [5.74, 6) is 1.20. The second kappa shape index (κ2) is 21.5. The highest BCUT2D eigenvalue weighted by atomic mass is 16.6. The first kappa shape index (κ1) is 52.6. The Morgan fingerprint density at radius 2 is 0.743 bits per heavy atom. The van der Waals surface area contributed by atoms with Crippen LogP contribution >= 0.6 is 0 Å². The molecule has 0 aliphatic carbocycles. The first-order valence-corrected chi connectivity index (χ1v) is 26.4. The number of hydrogen-bond acceptors (Lipinski definition) is 8. The third-order valence-corrected chi connectivity index (χ3v) is 13.8. The van der Waals surface area contributed by atoms with Crippen molar-refractivity contribution in [2.45, 2.75) is 105 Å². The van der Waals surface area contributed by atoms with Crippen molar-refractivity contribution in [3.63, 3.8) is 0 Å².